The molecule has 2 aromatic rings. The number of benzene rings is 1. The molecule has 0 unspecified atom stereocenters. The lowest BCUT2D eigenvalue weighted by Crippen LogP contribution is -2.18. The largest absolute Gasteiger partial charge is 0.469 e. The number of H-pyrrole nitrogens is 1. The van der Waals surface area contributed by atoms with E-state index in [-0.39, 0.29) is 28.8 Å². The van der Waals surface area contributed by atoms with Gasteiger partial charge in [-0.3, -0.25) is 14.4 Å². The van der Waals surface area contributed by atoms with Crippen molar-refractivity contribution in [1.82, 2.24) is 9.97 Å². The molecule has 144 valence electrons. The molecule has 0 bridgehead atoms. The highest BCUT2D eigenvalue weighted by Gasteiger charge is 2.12. The number of hydrogen-bond acceptors (Lipinski definition) is 6. The number of carbonyl (C=O) groups excluding carboxylic acids is 2. The highest BCUT2D eigenvalue weighted by Crippen LogP contribution is 2.23. The molecule has 1 amide bonds. The zero-order chi connectivity index (χ0) is 19.8. The van der Waals surface area contributed by atoms with Gasteiger partial charge in [0.2, 0.25) is 5.91 Å². The first kappa shape index (κ1) is 20.7. The van der Waals surface area contributed by atoms with Crippen molar-refractivity contribution in [1.29, 1.82) is 0 Å². The van der Waals surface area contributed by atoms with Crippen LogP contribution < -0.4 is 10.9 Å². The molecule has 0 aliphatic rings. The van der Waals surface area contributed by atoms with Crippen LogP contribution in [0.5, 0.6) is 0 Å². The van der Waals surface area contributed by atoms with E-state index in [0.29, 0.717) is 5.69 Å². The number of aromatic amines is 1. The van der Waals surface area contributed by atoms with Crippen LogP contribution in [0.15, 0.2) is 34.2 Å². The van der Waals surface area contributed by atoms with Crippen molar-refractivity contribution in [3.8, 4) is 0 Å². The molecule has 1 heterocycles. The van der Waals surface area contributed by atoms with Crippen LogP contribution in [-0.2, 0) is 33.6 Å². The number of methoxy groups -OCH3 is 1. The molecule has 0 atom stereocenters. The van der Waals surface area contributed by atoms with Crippen molar-refractivity contribution >= 4 is 29.3 Å². The number of aryl methyl sites for hydroxylation is 2. The van der Waals surface area contributed by atoms with Crippen LogP contribution in [0, 0.1) is 0 Å². The van der Waals surface area contributed by atoms with Gasteiger partial charge >= 0.3 is 5.97 Å². The first-order valence-electron chi connectivity index (χ1n) is 8.67. The fraction of sp³-hybridized carbons (Fsp3) is 0.368. The Labute approximate surface area is 161 Å². The molecule has 7 nitrogen and oxygen atoms in total. The number of ether oxygens (including phenoxy) is 1. The Balaban J connectivity index is 2.06. The van der Waals surface area contributed by atoms with Gasteiger partial charge in [-0.05, 0) is 24.0 Å². The zero-order valence-corrected chi connectivity index (χ0v) is 16.4. The molecule has 2 N–H and O–H groups in total. The van der Waals surface area contributed by atoms with E-state index < -0.39 is 5.97 Å². The lowest BCUT2D eigenvalue weighted by atomic mass is 10.0. The van der Waals surface area contributed by atoms with E-state index in [9.17, 15) is 14.4 Å². The molecule has 8 heteroatoms. The summed E-state index contributed by atoms with van der Waals surface area (Å²) in [6, 6.07) is 7.23. The Hall–Kier alpha value is -2.61. The van der Waals surface area contributed by atoms with Gasteiger partial charge in [0.1, 0.15) is 0 Å². The predicted octanol–water partition coefficient (Wildman–Crippen LogP) is 2.34. The van der Waals surface area contributed by atoms with E-state index in [1.807, 2.05) is 32.0 Å². The van der Waals surface area contributed by atoms with Gasteiger partial charge < -0.3 is 15.0 Å². The molecule has 0 spiro atoms. The number of rotatable bonds is 8. The molecule has 0 aliphatic heterocycles. The minimum Gasteiger partial charge on any atom is -0.469 e. The van der Waals surface area contributed by atoms with Crippen LogP contribution in [-0.4, -0.2) is 34.7 Å². The number of thioether (sulfide) groups is 1. The summed E-state index contributed by atoms with van der Waals surface area (Å²) < 4.78 is 4.58. The average molecular weight is 389 g/mol. The minimum absolute atomic E-state index is 0.0891. The zero-order valence-electron chi connectivity index (χ0n) is 15.6. The number of nitrogens with one attached hydrogen (secondary N) is 2. The number of anilines is 1. The Morgan fingerprint density at radius 3 is 2.48 bits per heavy atom. The van der Waals surface area contributed by atoms with Crippen molar-refractivity contribution in [3.05, 3.63) is 51.4 Å². The lowest BCUT2D eigenvalue weighted by Gasteiger charge is -2.14. The summed E-state index contributed by atoms with van der Waals surface area (Å²) in [7, 11) is 1.27. The summed E-state index contributed by atoms with van der Waals surface area (Å²) in [5, 5.41) is 3.26. The van der Waals surface area contributed by atoms with Gasteiger partial charge in [0.15, 0.2) is 5.16 Å². The summed E-state index contributed by atoms with van der Waals surface area (Å²) in [5.74, 6) is -0.576. The maximum Gasteiger partial charge on any atom is 0.311 e. The molecule has 1 aromatic heterocycles. The minimum atomic E-state index is -0.481. The molecule has 27 heavy (non-hydrogen) atoms. The predicted molar refractivity (Wildman–Crippen MR) is 105 cm³/mol. The summed E-state index contributed by atoms with van der Waals surface area (Å²) in [5.41, 5.74) is 2.95. The Kier molecular flexibility index (Phi) is 7.60. The van der Waals surface area contributed by atoms with E-state index in [4.69, 9.17) is 0 Å². The second kappa shape index (κ2) is 9.91. The number of hydrogen-bond donors (Lipinski definition) is 2. The van der Waals surface area contributed by atoms with Crippen molar-refractivity contribution < 1.29 is 14.3 Å². The Morgan fingerprint density at radius 1 is 1.22 bits per heavy atom. The van der Waals surface area contributed by atoms with E-state index in [1.165, 1.54) is 13.2 Å². The summed E-state index contributed by atoms with van der Waals surface area (Å²) in [6.45, 7) is 4.08. The third-order valence-corrected chi connectivity index (χ3v) is 4.80. The second-order valence-electron chi connectivity index (χ2n) is 5.79. The SMILES string of the molecule is CCc1cccc(CC)c1NC(=O)CSc1nc(CC(=O)OC)cc(=O)[nH]1. The number of carbonyl (C=O) groups is 2. The number of para-hydroxylation sites is 1. The smallest absolute Gasteiger partial charge is 0.311 e. The molecular formula is C19H23N3O4S. The highest BCUT2D eigenvalue weighted by atomic mass is 32.2. The van der Waals surface area contributed by atoms with Crippen molar-refractivity contribution in [2.45, 2.75) is 38.3 Å². The fourth-order valence-corrected chi connectivity index (χ4v) is 3.27. The highest BCUT2D eigenvalue weighted by molar-refractivity contribution is 7.99. The normalized spacial score (nSPS) is 10.5. The van der Waals surface area contributed by atoms with Gasteiger partial charge in [0.25, 0.3) is 5.56 Å². The molecule has 2 rings (SSSR count). The third-order valence-electron chi connectivity index (χ3n) is 3.93. The molecule has 0 saturated heterocycles. The molecule has 1 aromatic carbocycles. The van der Waals surface area contributed by atoms with E-state index in [2.05, 4.69) is 20.0 Å². The van der Waals surface area contributed by atoms with Crippen LogP contribution >= 0.6 is 11.8 Å². The van der Waals surface area contributed by atoms with Gasteiger partial charge in [0.05, 0.1) is 25.0 Å². The Bertz CT molecular complexity index is 857. The topological polar surface area (TPSA) is 101 Å². The second-order valence-corrected chi connectivity index (χ2v) is 6.75. The summed E-state index contributed by atoms with van der Waals surface area (Å²) in [6.07, 6.45) is 1.55. The maximum absolute atomic E-state index is 12.4. The molecule has 0 fully saturated rings. The van der Waals surface area contributed by atoms with Gasteiger partial charge in [-0.25, -0.2) is 4.98 Å². The van der Waals surface area contributed by atoms with Crippen LogP contribution in [0.4, 0.5) is 5.69 Å². The standard InChI is InChI=1S/C19H23N3O4S/c1-4-12-7-6-8-13(5-2)18(12)21-16(24)11-27-19-20-14(9-15(23)22-19)10-17(25)26-3/h6-9H,4-5,10-11H2,1-3H3,(H,21,24)(H,20,22,23). The molecule has 0 saturated carbocycles. The molecule has 0 radical (unpaired) electrons. The third kappa shape index (κ3) is 5.96. The van der Waals surface area contributed by atoms with Gasteiger partial charge in [-0.1, -0.05) is 43.8 Å². The van der Waals surface area contributed by atoms with Gasteiger partial charge in [-0.15, -0.1) is 0 Å². The first-order valence-corrected chi connectivity index (χ1v) is 9.65. The fourth-order valence-electron chi connectivity index (χ4n) is 2.57. The van der Waals surface area contributed by atoms with Gasteiger partial charge in [0, 0.05) is 11.8 Å². The number of amides is 1. The van der Waals surface area contributed by atoms with Crippen molar-refractivity contribution in [2.75, 3.05) is 18.2 Å². The van der Waals surface area contributed by atoms with Crippen LogP contribution in [0.1, 0.15) is 30.7 Å². The monoisotopic (exact) mass is 389 g/mol. The maximum atomic E-state index is 12.4. The average Bonchev–Trinajstić information content (AvgIpc) is 2.66. The Morgan fingerprint density at radius 2 is 1.89 bits per heavy atom. The van der Waals surface area contributed by atoms with Gasteiger partial charge in [-0.2, -0.15) is 0 Å². The van der Waals surface area contributed by atoms with E-state index >= 15 is 0 Å². The van der Waals surface area contributed by atoms with Crippen LogP contribution in [0.3, 0.4) is 0 Å². The van der Waals surface area contributed by atoms with Crippen molar-refractivity contribution in [3.63, 3.8) is 0 Å². The van der Waals surface area contributed by atoms with Crippen molar-refractivity contribution in [2.24, 2.45) is 0 Å². The van der Waals surface area contributed by atoms with E-state index in [1.54, 1.807) is 0 Å². The molecular weight excluding hydrogens is 366 g/mol. The number of aromatic nitrogens is 2. The number of nitrogens with zero attached hydrogens (tertiary/aromatic N) is 1. The lowest BCUT2D eigenvalue weighted by molar-refractivity contribution is -0.139. The van der Waals surface area contributed by atoms with Crippen LogP contribution in [0.2, 0.25) is 0 Å². The molecule has 0 aliphatic carbocycles. The number of esters is 1. The summed E-state index contributed by atoms with van der Waals surface area (Å²) in [4.78, 5) is 42.2. The van der Waals surface area contributed by atoms with Crippen LogP contribution in [0.25, 0.3) is 0 Å². The first-order chi connectivity index (χ1) is 13.0. The summed E-state index contributed by atoms with van der Waals surface area (Å²) >= 11 is 1.11. The van der Waals surface area contributed by atoms with E-state index in [0.717, 1.165) is 41.4 Å². The quantitative estimate of drug-likeness (QED) is 0.408.